The Hall–Kier alpha value is -2.86. The van der Waals surface area contributed by atoms with E-state index in [-0.39, 0.29) is 37.0 Å². The van der Waals surface area contributed by atoms with Crippen LogP contribution in [0.4, 0.5) is 9.59 Å². The zero-order chi connectivity index (χ0) is 35.1. The second-order valence-electron chi connectivity index (χ2n) is 15.0. The van der Waals surface area contributed by atoms with Crippen molar-refractivity contribution in [3.63, 3.8) is 0 Å². The fourth-order valence-electron chi connectivity index (χ4n) is 9.10. The molecule has 8 rings (SSSR count). The number of hydroxylamine groups is 4. The van der Waals surface area contributed by atoms with Crippen LogP contribution >= 0.6 is 0 Å². The molecule has 20 nitrogen and oxygen atoms in total. The number of nitrogens with zero attached hydrogens (tertiary/aromatic N) is 5. The number of hydrogen-bond donors (Lipinski definition) is 5. The van der Waals surface area contributed by atoms with Gasteiger partial charge in [-0.05, 0) is 69.2 Å². The van der Waals surface area contributed by atoms with Crippen LogP contribution in [0.2, 0.25) is 0 Å². The number of amides is 6. The van der Waals surface area contributed by atoms with Crippen molar-refractivity contribution in [3.8, 4) is 0 Å². The van der Waals surface area contributed by atoms with Crippen molar-refractivity contribution in [2.24, 2.45) is 10.8 Å². The highest BCUT2D eigenvalue weighted by Crippen LogP contribution is 2.48. The Balaban J connectivity index is 0.000000154. The molecular weight excluding hydrogens is 692 g/mol. The van der Waals surface area contributed by atoms with Crippen molar-refractivity contribution in [2.45, 2.75) is 87.6 Å². The lowest BCUT2D eigenvalue weighted by Gasteiger charge is -2.58. The van der Waals surface area contributed by atoms with E-state index in [1.165, 1.54) is 9.80 Å². The summed E-state index contributed by atoms with van der Waals surface area (Å²) in [6.07, 6.45) is 5.58. The van der Waals surface area contributed by atoms with Crippen LogP contribution in [0.1, 0.15) is 51.4 Å². The highest BCUT2D eigenvalue weighted by Gasteiger charge is 2.54. The molecule has 4 bridgehead atoms. The summed E-state index contributed by atoms with van der Waals surface area (Å²) in [5.74, 6) is -0.407. The zero-order valence-electron chi connectivity index (χ0n) is 26.9. The summed E-state index contributed by atoms with van der Waals surface area (Å²) in [4.78, 5) is 54.5. The molecule has 6 heterocycles. The summed E-state index contributed by atoms with van der Waals surface area (Å²) in [6.45, 7) is 4.55. The third-order valence-corrected chi connectivity index (χ3v) is 11.9. The Bertz CT molecular complexity index is 1600. The van der Waals surface area contributed by atoms with Gasteiger partial charge in [0.15, 0.2) is 0 Å². The normalized spacial score (nSPS) is 32.9. The van der Waals surface area contributed by atoms with Gasteiger partial charge in [-0.1, -0.05) is 0 Å². The molecular formula is C27H42N8O12S2. The number of nitrogens with one attached hydrogen (secondary N) is 3. The first kappa shape index (κ1) is 34.6. The largest absolute Gasteiger partial charge is 0.418 e. The molecule has 49 heavy (non-hydrogen) atoms. The van der Waals surface area contributed by atoms with Gasteiger partial charge in [-0.3, -0.25) is 18.7 Å². The van der Waals surface area contributed by atoms with Gasteiger partial charge >= 0.3 is 32.9 Å². The molecule has 0 radical (unpaired) electrons. The molecule has 2 aliphatic carbocycles. The molecule has 22 heteroatoms. The molecule has 2 saturated carbocycles. The number of carbonyl (C=O) groups is 4. The topological polar surface area (TPSA) is 248 Å². The molecule has 0 aromatic carbocycles. The molecule has 274 valence electrons. The molecule has 8 fully saturated rings. The van der Waals surface area contributed by atoms with Gasteiger partial charge in [0, 0.05) is 51.4 Å². The average molecular weight is 735 g/mol. The van der Waals surface area contributed by atoms with Gasteiger partial charge in [-0.15, -0.1) is 8.57 Å². The maximum absolute atomic E-state index is 12.6. The van der Waals surface area contributed by atoms with Gasteiger partial charge in [-0.2, -0.15) is 27.0 Å². The predicted molar refractivity (Wildman–Crippen MR) is 164 cm³/mol. The van der Waals surface area contributed by atoms with E-state index in [1.807, 2.05) is 0 Å². The van der Waals surface area contributed by atoms with Crippen LogP contribution in [0, 0.1) is 10.8 Å². The van der Waals surface area contributed by atoms with E-state index >= 15 is 0 Å². The standard InChI is InChI=1S/C14H22N4O6S.C13H20N4O6S/c1-16-7-14(8-16)4-9(5-14)15-12(19)11-3-2-10-6-17(11)13(20)18(10)24-25(21,22)23;18-11(15-8-3-13(4-8)6-14-7-13)10-2-1-9-5-16(10)12(19)17(9)23-24(20,21)22/h9-11H,2-8H2,1H3,(H,15,19)(H,21,22,23);8-10,14H,1-7H2,(H,15,18)(H,20,21,22)/t10-,11+;9-,10+/m11/s1. The van der Waals surface area contributed by atoms with Crippen LogP contribution in [-0.2, 0) is 39.0 Å². The van der Waals surface area contributed by atoms with E-state index in [1.54, 1.807) is 0 Å². The van der Waals surface area contributed by atoms with Crippen molar-refractivity contribution in [1.29, 1.82) is 0 Å². The molecule has 5 N–H and O–H groups in total. The number of hydrogen-bond acceptors (Lipinski definition) is 12. The maximum atomic E-state index is 12.6. The highest BCUT2D eigenvalue weighted by atomic mass is 32.3. The van der Waals surface area contributed by atoms with Gasteiger partial charge in [0.05, 0.1) is 12.1 Å². The summed E-state index contributed by atoms with van der Waals surface area (Å²) in [7, 11) is -7.46. The lowest BCUT2D eigenvalue weighted by atomic mass is 9.61. The first-order chi connectivity index (χ1) is 22.9. The number of carbonyl (C=O) groups excluding carboxylic acids is 4. The zero-order valence-corrected chi connectivity index (χ0v) is 28.5. The van der Waals surface area contributed by atoms with Crippen LogP contribution in [0.25, 0.3) is 0 Å². The number of likely N-dealkylation sites (tertiary alicyclic amines) is 1. The summed E-state index contributed by atoms with van der Waals surface area (Å²) in [5, 5.41) is 10.6. The monoisotopic (exact) mass is 734 g/mol. The molecule has 6 aliphatic heterocycles. The van der Waals surface area contributed by atoms with E-state index in [0.717, 1.165) is 51.9 Å². The third-order valence-electron chi connectivity index (χ3n) is 11.2. The van der Waals surface area contributed by atoms with Crippen molar-refractivity contribution in [1.82, 2.24) is 40.8 Å². The fraction of sp³-hybridized carbons (Fsp3) is 0.852. The molecule has 6 amide bonds. The highest BCUT2D eigenvalue weighted by molar-refractivity contribution is 7.81. The van der Waals surface area contributed by atoms with E-state index in [9.17, 15) is 36.0 Å². The third kappa shape index (κ3) is 6.80. The smallest absolute Gasteiger partial charge is 0.352 e. The molecule has 6 saturated heterocycles. The minimum Gasteiger partial charge on any atom is -0.352 e. The van der Waals surface area contributed by atoms with Crippen LogP contribution < -0.4 is 16.0 Å². The molecule has 0 aromatic rings. The SMILES string of the molecule is CN1CC2(CC(NC(=O)[C@@H]3CC[C@@H]4CN3C(=O)N4OS(=O)(=O)O)C2)C1.O=C(NC1CC2(CNC2)C1)[C@@H]1CC[C@@H]2CN1C(=O)N2OS(=O)(=O)O. The lowest BCUT2D eigenvalue weighted by Crippen LogP contribution is -2.66. The van der Waals surface area contributed by atoms with E-state index < -0.39 is 57.0 Å². The Morgan fingerprint density at radius 2 is 1.14 bits per heavy atom. The van der Waals surface area contributed by atoms with Crippen LogP contribution in [0.3, 0.4) is 0 Å². The second-order valence-corrected chi connectivity index (χ2v) is 17.0. The lowest BCUT2D eigenvalue weighted by molar-refractivity contribution is -0.131. The maximum Gasteiger partial charge on any atom is 0.418 e. The van der Waals surface area contributed by atoms with Crippen LogP contribution in [0.5, 0.6) is 0 Å². The number of fused-ring (bicyclic) bond motifs is 4. The van der Waals surface area contributed by atoms with E-state index in [2.05, 4.69) is 36.5 Å². The van der Waals surface area contributed by atoms with Crippen molar-refractivity contribution >= 4 is 44.7 Å². The first-order valence-corrected chi connectivity index (χ1v) is 19.2. The summed E-state index contributed by atoms with van der Waals surface area (Å²) in [6, 6.07) is -3.33. The minimum absolute atomic E-state index is 0.139. The Labute approximate surface area is 283 Å². The molecule has 0 aromatic heterocycles. The quantitative estimate of drug-likeness (QED) is 0.170. The van der Waals surface area contributed by atoms with Gasteiger partial charge in [0.2, 0.25) is 11.8 Å². The number of piperidine rings is 2. The van der Waals surface area contributed by atoms with Crippen molar-refractivity contribution < 1.29 is 53.7 Å². The van der Waals surface area contributed by atoms with E-state index in [0.29, 0.717) is 46.6 Å². The van der Waals surface area contributed by atoms with Crippen molar-refractivity contribution in [2.75, 3.05) is 46.3 Å². The Morgan fingerprint density at radius 3 is 1.49 bits per heavy atom. The van der Waals surface area contributed by atoms with Gasteiger partial charge in [0.25, 0.3) is 0 Å². The summed E-state index contributed by atoms with van der Waals surface area (Å²) < 4.78 is 69.8. The minimum atomic E-state index is -4.77. The average Bonchev–Trinajstić information content (AvgIpc) is 3.30. The van der Waals surface area contributed by atoms with Crippen LogP contribution in [0.15, 0.2) is 0 Å². The van der Waals surface area contributed by atoms with Crippen molar-refractivity contribution in [3.05, 3.63) is 0 Å². The Morgan fingerprint density at radius 1 is 0.735 bits per heavy atom. The summed E-state index contributed by atoms with van der Waals surface area (Å²) in [5.41, 5.74) is 0.702. The second kappa shape index (κ2) is 12.1. The molecule has 2 spiro atoms. The predicted octanol–water partition coefficient (Wildman–Crippen LogP) is -1.94. The first-order valence-electron chi connectivity index (χ1n) is 16.5. The Kier molecular flexibility index (Phi) is 8.56. The van der Waals surface area contributed by atoms with Gasteiger partial charge < -0.3 is 30.7 Å². The molecule has 0 unspecified atom stereocenters. The van der Waals surface area contributed by atoms with Crippen LogP contribution in [-0.4, -0.2) is 157 Å². The molecule has 8 aliphatic rings. The number of urea groups is 2. The number of rotatable bonds is 8. The van der Waals surface area contributed by atoms with Gasteiger partial charge in [-0.25, -0.2) is 9.59 Å². The fourth-order valence-corrected chi connectivity index (χ4v) is 9.88. The van der Waals surface area contributed by atoms with E-state index in [4.69, 9.17) is 9.11 Å². The van der Waals surface area contributed by atoms with Gasteiger partial charge in [0.1, 0.15) is 12.1 Å². The summed E-state index contributed by atoms with van der Waals surface area (Å²) >= 11 is 0. The molecule has 4 atom stereocenters.